The number of nitrogens with one attached hydrogen (secondary N) is 1. The van der Waals surface area contributed by atoms with Crippen molar-refractivity contribution in [2.75, 3.05) is 5.32 Å². The summed E-state index contributed by atoms with van der Waals surface area (Å²) in [6.45, 7) is 2.35. The van der Waals surface area contributed by atoms with Crippen LogP contribution in [0.15, 0.2) is 36.4 Å². The summed E-state index contributed by atoms with van der Waals surface area (Å²) in [5, 5.41) is 22.9. The predicted octanol–water partition coefficient (Wildman–Crippen LogP) is 3.67. The number of phenolic OH excluding ortho intramolecular Hbond substituents is 2. The molecule has 94 valence electrons. The fourth-order valence-corrected chi connectivity index (χ4v) is 1.80. The summed E-state index contributed by atoms with van der Waals surface area (Å²) >= 11 is 6.02. The molecule has 2 rings (SSSR count). The molecule has 0 aromatic heterocycles. The zero-order valence-corrected chi connectivity index (χ0v) is 10.7. The van der Waals surface area contributed by atoms with Gasteiger partial charge >= 0.3 is 0 Å². The third kappa shape index (κ3) is 2.68. The van der Waals surface area contributed by atoms with E-state index in [1.54, 1.807) is 12.1 Å². The topological polar surface area (TPSA) is 52.5 Å². The van der Waals surface area contributed by atoms with Crippen LogP contribution in [0.5, 0.6) is 11.5 Å². The van der Waals surface area contributed by atoms with Gasteiger partial charge in [-0.25, -0.2) is 0 Å². The Bertz CT molecular complexity index is 570. The molecule has 0 bridgehead atoms. The van der Waals surface area contributed by atoms with Crippen LogP contribution in [0.3, 0.4) is 0 Å². The van der Waals surface area contributed by atoms with Crippen LogP contribution in [0, 0.1) is 6.92 Å². The van der Waals surface area contributed by atoms with E-state index in [1.165, 1.54) is 6.07 Å². The van der Waals surface area contributed by atoms with Gasteiger partial charge in [0.1, 0.15) is 0 Å². The molecule has 18 heavy (non-hydrogen) atoms. The molecule has 0 amide bonds. The number of phenols is 2. The van der Waals surface area contributed by atoms with Crippen LogP contribution < -0.4 is 5.32 Å². The lowest BCUT2D eigenvalue weighted by Gasteiger charge is -2.10. The number of rotatable bonds is 3. The lowest BCUT2D eigenvalue weighted by Crippen LogP contribution is -1.99. The molecule has 0 spiro atoms. The van der Waals surface area contributed by atoms with E-state index < -0.39 is 0 Å². The van der Waals surface area contributed by atoms with E-state index in [-0.39, 0.29) is 11.5 Å². The highest BCUT2D eigenvalue weighted by molar-refractivity contribution is 6.31. The average molecular weight is 264 g/mol. The zero-order chi connectivity index (χ0) is 13.1. The van der Waals surface area contributed by atoms with Gasteiger partial charge in [-0.1, -0.05) is 29.8 Å². The molecule has 0 aliphatic carbocycles. The fraction of sp³-hybridized carbons (Fsp3) is 0.143. The van der Waals surface area contributed by atoms with Crippen molar-refractivity contribution in [3.05, 3.63) is 52.5 Å². The van der Waals surface area contributed by atoms with Gasteiger partial charge in [0.25, 0.3) is 0 Å². The van der Waals surface area contributed by atoms with Gasteiger partial charge in [-0.05, 0) is 30.7 Å². The number of para-hydroxylation sites is 1. The summed E-state index contributed by atoms with van der Waals surface area (Å²) in [5.74, 6) is -0.209. The minimum atomic E-state index is -0.115. The van der Waals surface area contributed by atoms with Crippen LogP contribution in [0.4, 0.5) is 5.69 Å². The van der Waals surface area contributed by atoms with Gasteiger partial charge in [0, 0.05) is 22.8 Å². The molecule has 2 aromatic rings. The molecule has 0 saturated heterocycles. The molecule has 4 heteroatoms. The van der Waals surface area contributed by atoms with Crippen molar-refractivity contribution >= 4 is 17.3 Å². The molecule has 0 radical (unpaired) electrons. The average Bonchev–Trinajstić information content (AvgIpc) is 2.35. The quantitative estimate of drug-likeness (QED) is 0.741. The number of aryl methyl sites for hydroxylation is 1. The highest BCUT2D eigenvalue weighted by atomic mass is 35.5. The van der Waals surface area contributed by atoms with Gasteiger partial charge in [0.05, 0.1) is 0 Å². The van der Waals surface area contributed by atoms with E-state index in [1.807, 2.05) is 25.1 Å². The maximum absolute atomic E-state index is 9.66. The van der Waals surface area contributed by atoms with Gasteiger partial charge < -0.3 is 15.5 Å². The first-order valence-electron chi connectivity index (χ1n) is 5.58. The van der Waals surface area contributed by atoms with Crippen LogP contribution >= 0.6 is 11.6 Å². The Kier molecular flexibility index (Phi) is 3.63. The number of anilines is 1. The van der Waals surface area contributed by atoms with Crippen molar-refractivity contribution in [1.82, 2.24) is 0 Å². The number of benzene rings is 2. The van der Waals surface area contributed by atoms with E-state index in [9.17, 15) is 10.2 Å². The first-order valence-corrected chi connectivity index (χ1v) is 5.95. The zero-order valence-electron chi connectivity index (χ0n) is 9.94. The highest BCUT2D eigenvalue weighted by Crippen LogP contribution is 2.29. The summed E-state index contributed by atoms with van der Waals surface area (Å²) in [5.41, 5.74) is 2.52. The second kappa shape index (κ2) is 5.19. The number of halogens is 1. The van der Waals surface area contributed by atoms with Gasteiger partial charge in [0.15, 0.2) is 11.5 Å². The summed E-state index contributed by atoms with van der Waals surface area (Å²) in [4.78, 5) is 0. The maximum Gasteiger partial charge on any atom is 0.162 e. The van der Waals surface area contributed by atoms with E-state index in [2.05, 4.69) is 5.32 Å². The third-order valence-electron chi connectivity index (χ3n) is 2.75. The molecule has 0 saturated carbocycles. The second-order valence-corrected chi connectivity index (χ2v) is 4.51. The molecule has 0 fully saturated rings. The Morgan fingerprint density at radius 2 is 1.94 bits per heavy atom. The van der Waals surface area contributed by atoms with E-state index in [0.29, 0.717) is 17.1 Å². The van der Waals surface area contributed by atoms with E-state index >= 15 is 0 Å². The Morgan fingerprint density at radius 1 is 1.17 bits per heavy atom. The Morgan fingerprint density at radius 3 is 2.67 bits per heavy atom. The van der Waals surface area contributed by atoms with Gasteiger partial charge in [-0.2, -0.15) is 0 Å². The highest BCUT2D eigenvalue weighted by Gasteiger charge is 2.05. The molecule has 2 aromatic carbocycles. The molecule has 0 aliphatic heterocycles. The predicted molar refractivity (Wildman–Crippen MR) is 73.3 cm³/mol. The van der Waals surface area contributed by atoms with Crippen LogP contribution in [0.1, 0.15) is 11.1 Å². The largest absolute Gasteiger partial charge is 0.504 e. The number of aromatic hydroxyl groups is 2. The standard InChI is InChI=1S/C14H14ClNO2/c1-9-5-6-11(7-12(9)15)16-8-10-3-2-4-13(17)14(10)18/h2-7,16-18H,8H2,1H3. The first kappa shape index (κ1) is 12.6. The normalized spacial score (nSPS) is 10.3. The van der Waals surface area contributed by atoms with E-state index in [0.717, 1.165) is 11.3 Å². The summed E-state index contributed by atoms with van der Waals surface area (Å²) < 4.78 is 0. The first-order chi connectivity index (χ1) is 8.58. The molecule has 0 unspecified atom stereocenters. The molecule has 0 atom stereocenters. The number of hydrogen-bond donors (Lipinski definition) is 3. The SMILES string of the molecule is Cc1ccc(NCc2cccc(O)c2O)cc1Cl. The van der Waals surface area contributed by atoms with Crippen LogP contribution in [0.25, 0.3) is 0 Å². The van der Waals surface area contributed by atoms with Crippen molar-refractivity contribution in [1.29, 1.82) is 0 Å². The summed E-state index contributed by atoms with van der Waals surface area (Å²) in [6, 6.07) is 10.6. The Balaban J connectivity index is 2.11. The minimum absolute atomic E-state index is 0.0943. The van der Waals surface area contributed by atoms with Crippen molar-refractivity contribution in [3.63, 3.8) is 0 Å². The molecule has 3 nitrogen and oxygen atoms in total. The molecule has 0 heterocycles. The van der Waals surface area contributed by atoms with Crippen molar-refractivity contribution in [2.24, 2.45) is 0 Å². The third-order valence-corrected chi connectivity index (χ3v) is 3.16. The fourth-order valence-electron chi connectivity index (χ4n) is 1.62. The lowest BCUT2D eigenvalue weighted by molar-refractivity contribution is 0.400. The van der Waals surface area contributed by atoms with Crippen molar-refractivity contribution in [3.8, 4) is 11.5 Å². The monoisotopic (exact) mass is 263 g/mol. The second-order valence-electron chi connectivity index (χ2n) is 4.10. The van der Waals surface area contributed by atoms with Crippen molar-refractivity contribution < 1.29 is 10.2 Å². The van der Waals surface area contributed by atoms with Crippen LogP contribution in [-0.4, -0.2) is 10.2 Å². The summed E-state index contributed by atoms with van der Waals surface area (Å²) in [7, 11) is 0. The smallest absolute Gasteiger partial charge is 0.162 e. The van der Waals surface area contributed by atoms with Gasteiger partial charge in [-0.3, -0.25) is 0 Å². The molecule has 3 N–H and O–H groups in total. The van der Waals surface area contributed by atoms with Crippen molar-refractivity contribution in [2.45, 2.75) is 13.5 Å². The lowest BCUT2D eigenvalue weighted by atomic mass is 10.1. The maximum atomic E-state index is 9.66. The number of hydrogen-bond acceptors (Lipinski definition) is 3. The van der Waals surface area contributed by atoms with Gasteiger partial charge in [-0.15, -0.1) is 0 Å². The summed E-state index contributed by atoms with van der Waals surface area (Å²) in [6.07, 6.45) is 0. The van der Waals surface area contributed by atoms with Crippen LogP contribution in [0.2, 0.25) is 5.02 Å². The molecule has 0 aliphatic rings. The minimum Gasteiger partial charge on any atom is -0.504 e. The van der Waals surface area contributed by atoms with Gasteiger partial charge in [0.2, 0.25) is 0 Å². The Hall–Kier alpha value is -1.87. The molecular weight excluding hydrogens is 250 g/mol. The van der Waals surface area contributed by atoms with E-state index in [4.69, 9.17) is 11.6 Å². The Labute approximate surface area is 111 Å². The molecular formula is C14H14ClNO2. The van der Waals surface area contributed by atoms with Crippen LogP contribution in [-0.2, 0) is 6.54 Å².